The molecule has 0 bridgehead atoms. The minimum Gasteiger partial charge on any atom is -0.295 e. The second-order valence-corrected chi connectivity index (χ2v) is 9.50. The fraction of sp³-hybridized carbons (Fsp3) is 0.273. The molecule has 0 atom stereocenters. The highest BCUT2D eigenvalue weighted by Crippen LogP contribution is 2.36. The van der Waals surface area contributed by atoms with E-state index in [2.05, 4.69) is 22.9 Å². The van der Waals surface area contributed by atoms with Crippen LogP contribution in [0.2, 0.25) is 0 Å². The smallest absolute Gasteiger partial charge is 0.187 e. The van der Waals surface area contributed by atoms with Gasteiger partial charge in [-0.2, -0.15) is 0 Å². The largest absolute Gasteiger partial charge is 0.295 e. The van der Waals surface area contributed by atoms with E-state index in [0.717, 1.165) is 25.8 Å². The third-order valence-corrected chi connectivity index (χ3v) is 6.70. The fourth-order valence-corrected chi connectivity index (χ4v) is 4.75. The Morgan fingerprint density at radius 1 is 0.963 bits per heavy atom. The maximum Gasteiger partial charge on any atom is 0.187 e. The Bertz CT molecular complexity index is 796. The van der Waals surface area contributed by atoms with Crippen molar-refractivity contribution in [2.24, 2.45) is 0 Å². The summed E-state index contributed by atoms with van der Waals surface area (Å²) in [5, 5.41) is 0. The lowest BCUT2D eigenvalue weighted by molar-refractivity contribution is 0.101. The lowest BCUT2D eigenvalue weighted by Crippen LogP contribution is -1.95. The number of carbonyl (C=O) groups excluding carboxylic acids is 2. The van der Waals surface area contributed by atoms with Gasteiger partial charge in [-0.25, -0.2) is 0 Å². The Hall–Kier alpha value is -1.30. The van der Waals surface area contributed by atoms with Crippen LogP contribution in [0.25, 0.3) is 0 Å². The summed E-state index contributed by atoms with van der Waals surface area (Å²) in [6, 6.07) is 15.0. The summed E-state index contributed by atoms with van der Waals surface area (Å²) < 4.78 is 1.94. The van der Waals surface area contributed by atoms with Gasteiger partial charge in [0.15, 0.2) is 11.6 Å². The predicted octanol–water partition coefficient (Wildman–Crippen LogP) is 7.39. The molecule has 2 rings (SSSR count). The standard InChI is InChI=1S/C22H23BrO2S2/c1-3-4-5-14-26-22(15-21(25)18-6-10-19(23)11-7-18)27-20-12-8-17(9-13-20)16(2)24/h6-13,15H,3-5,14H2,1-2H3/b22-15+. The molecular formula is C22H23BrO2S2. The Morgan fingerprint density at radius 2 is 1.59 bits per heavy atom. The van der Waals surface area contributed by atoms with Gasteiger partial charge < -0.3 is 0 Å². The quantitative estimate of drug-likeness (QED) is 0.159. The van der Waals surface area contributed by atoms with Crippen molar-refractivity contribution in [1.82, 2.24) is 0 Å². The molecule has 0 aliphatic carbocycles. The molecule has 0 heterocycles. The van der Waals surface area contributed by atoms with E-state index < -0.39 is 0 Å². The van der Waals surface area contributed by atoms with Crippen molar-refractivity contribution in [3.05, 3.63) is 74.4 Å². The second-order valence-electron chi connectivity index (χ2n) is 6.07. The van der Waals surface area contributed by atoms with E-state index >= 15 is 0 Å². The Balaban J connectivity index is 2.14. The molecule has 0 unspecified atom stereocenters. The SMILES string of the molecule is CCCCCS/C(=C\C(=O)c1ccc(Br)cc1)Sc1ccc(C(C)=O)cc1. The number of rotatable bonds is 10. The zero-order chi connectivity index (χ0) is 19.6. The van der Waals surface area contributed by atoms with Gasteiger partial charge in [-0.1, -0.05) is 59.6 Å². The van der Waals surface area contributed by atoms with E-state index in [0.29, 0.717) is 11.1 Å². The third kappa shape index (κ3) is 7.68. The van der Waals surface area contributed by atoms with Crippen molar-refractivity contribution in [2.75, 3.05) is 5.75 Å². The van der Waals surface area contributed by atoms with Gasteiger partial charge in [0.25, 0.3) is 0 Å². The number of hydrogen-bond donors (Lipinski definition) is 0. The highest BCUT2D eigenvalue weighted by Gasteiger charge is 2.09. The van der Waals surface area contributed by atoms with Gasteiger partial charge in [0.1, 0.15) is 0 Å². The predicted molar refractivity (Wildman–Crippen MR) is 121 cm³/mol. The van der Waals surface area contributed by atoms with Crippen LogP contribution in [0.5, 0.6) is 0 Å². The summed E-state index contributed by atoms with van der Waals surface area (Å²) in [7, 11) is 0. The molecule has 0 amide bonds. The van der Waals surface area contributed by atoms with Crippen LogP contribution in [0.1, 0.15) is 53.8 Å². The number of thioether (sulfide) groups is 2. The van der Waals surface area contributed by atoms with E-state index in [1.165, 1.54) is 12.8 Å². The molecule has 2 aromatic carbocycles. The van der Waals surface area contributed by atoms with Crippen LogP contribution in [-0.4, -0.2) is 17.3 Å². The van der Waals surface area contributed by atoms with Crippen LogP contribution in [0.15, 0.2) is 68.2 Å². The van der Waals surface area contributed by atoms with Crippen LogP contribution < -0.4 is 0 Å². The molecule has 0 N–H and O–H groups in total. The molecule has 0 saturated carbocycles. The minimum atomic E-state index is 0.00773. The van der Waals surface area contributed by atoms with Crippen LogP contribution in [-0.2, 0) is 0 Å². The van der Waals surface area contributed by atoms with E-state index in [-0.39, 0.29) is 11.6 Å². The molecule has 27 heavy (non-hydrogen) atoms. The molecule has 0 aromatic heterocycles. The fourth-order valence-electron chi connectivity index (χ4n) is 2.30. The second kappa shape index (κ2) is 11.5. The summed E-state index contributed by atoms with van der Waals surface area (Å²) in [4.78, 5) is 25.1. The van der Waals surface area contributed by atoms with E-state index in [4.69, 9.17) is 0 Å². The van der Waals surface area contributed by atoms with Crippen LogP contribution >= 0.6 is 39.5 Å². The molecule has 142 valence electrons. The lowest BCUT2D eigenvalue weighted by Gasteiger charge is -2.08. The number of ketones is 2. The molecule has 2 aromatic rings. The van der Waals surface area contributed by atoms with E-state index in [1.54, 1.807) is 36.5 Å². The number of benzene rings is 2. The van der Waals surface area contributed by atoms with Gasteiger partial charge in [0, 0.05) is 30.8 Å². The topological polar surface area (TPSA) is 34.1 Å². The monoisotopic (exact) mass is 462 g/mol. The number of Topliss-reactive ketones (excluding diaryl/α,β-unsaturated/α-hetero) is 1. The lowest BCUT2D eigenvalue weighted by atomic mass is 10.1. The van der Waals surface area contributed by atoms with Crippen molar-refractivity contribution < 1.29 is 9.59 Å². The van der Waals surface area contributed by atoms with Crippen LogP contribution in [0.3, 0.4) is 0 Å². The van der Waals surface area contributed by atoms with Gasteiger partial charge in [-0.05, 0) is 55.5 Å². The van der Waals surface area contributed by atoms with E-state index in [1.807, 2.05) is 48.5 Å². The first-order valence-corrected chi connectivity index (χ1v) is 11.5. The van der Waals surface area contributed by atoms with Crippen molar-refractivity contribution >= 4 is 51.0 Å². The molecule has 0 radical (unpaired) electrons. The number of allylic oxidation sites excluding steroid dienone is 1. The van der Waals surface area contributed by atoms with Crippen LogP contribution in [0, 0.1) is 0 Å². The maximum absolute atomic E-state index is 12.6. The molecule has 0 aliphatic heterocycles. The molecule has 0 fully saturated rings. The molecule has 0 aliphatic rings. The summed E-state index contributed by atoms with van der Waals surface area (Å²) in [5.41, 5.74) is 1.38. The van der Waals surface area contributed by atoms with Crippen molar-refractivity contribution in [3.8, 4) is 0 Å². The number of halogens is 1. The third-order valence-electron chi connectivity index (χ3n) is 3.85. The van der Waals surface area contributed by atoms with Gasteiger partial charge in [-0.15, -0.1) is 11.8 Å². The van der Waals surface area contributed by atoms with Gasteiger partial charge in [-0.3, -0.25) is 9.59 Å². The first-order chi connectivity index (χ1) is 13.0. The summed E-state index contributed by atoms with van der Waals surface area (Å²) >= 11 is 6.69. The Morgan fingerprint density at radius 3 is 2.19 bits per heavy atom. The summed E-state index contributed by atoms with van der Waals surface area (Å²) in [6.45, 7) is 3.75. The average molecular weight is 463 g/mol. The summed E-state index contributed by atoms with van der Waals surface area (Å²) in [5.74, 6) is 1.06. The normalized spacial score (nSPS) is 11.4. The van der Waals surface area contributed by atoms with Gasteiger partial charge >= 0.3 is 0 Å². The van der Waals surface area contributed by atoms with Crippen LogP contribution in [0.4, 0.5) is 0 Å². The molecular weight excluding hydrogens is 440 g/mol. The minimum absolute atomic E-state index is 0.00773. The molecule has 5 heteroatoms. The molecule has 0 saturated heterocycles. The molecule has 0 spiro atoms. The first-order valence-electron chi connectivity index (χ1n) is 8.93. The number of carbonyl (C=O) groups is 2. The van der Waals surface area contributed by atoms with Gasteiger partial charge in [0.2, 0.25) is 0 Å². The van der Waals surface area contributed by atoms with Crippen molar-refractivity contribution in [1.29, 1.82) is 0 Å². The Labute approximate surface area is 178 Å². The highest BCUT2D eigenvalue weighted by atomic mass is 79.9. The van der Waals surface area contributed by atoms with Crippen molar-refractivity contribution in [3.63, 3.8) is 0 Å². The number of unbranched alkanes of at least 4 members (excludes halogenated alkanes) is 2. The molecule has 2 nitrogen and oxygen atoms in total. The average Bonchev–Trinajstić information content (AvgIpc) is 2.66. The summed E-state index contributed by atoms with van der Waals surface area (Å²) in [6.07, 6.45) is 5.23. The first kappa shape index (κ1) is 22.0. The zero-order valence-corrected chi connectivity index (χ0v) is 18.8. The Kier molecular flexibility index (Phi) is 9.39. The van der Waals surface area contributed by atoms with Gasteiger partial charge in [0.05, 0.1) is 0 Å². The number of hydrogen-bond acceptors (Lipinski definition) is 4. The highest BCUT2D eigenvalue weighted by molar-refractivity contribution is 9.10. The van der Waals surface area contributed by atoms with Crippen molar-refractivity contribution in [2.45, 2.75) is 38.0 Å². The zero-order valence-electron chi connectivity index (χ0n) is 15.5. The maximum atomic E-state index is 12.6. The van der Waals surface area contributed by atoms with E-state index in [9.17, 15) is 9.59 Å².